The zero-order chi connectivity index (χ0) is 37.1. The number of aliphatic hydroxyl groups is 2. The summed E-state index contributed by atoms with van der Waals surface area (Å²) < 4.78 is 0. The number of aliphatic carboxylic acids is 1. The number of unbranched alkanes of at least 4 members (excludes halogenated alkanes) is 1. The molecule has 0 aliphatic rings. The second-order valence-corrected chi connectivity index (χ2v) is 11.8. The highest BCUT2D eigenvalue weighted by atomic mass is 16.4. The summed E-state index contributed by atoms with van der Waals surface area (Å²) in [6, 6.07) is -8.26. The molecular formula is C29H50N10O10. The average molecular weight is 699 g/mol. The predicted molar refractivity (Wildman–Crippen MR) is 173 cm³/mol. The highest BCUT2D eigenvalue weighted by Gasteiger charge is 2.33. The number of amides is 6. The molecule has 0 aliphatic carbocycles. The highest BCUT2D eigenvalue weighted by molar-refractivity contribution is 5.96. The normalized spacial score (nSPS) is 14.8. The van der Waals surface area contributed by atoms with E-state index in [4.69, 9.17) is 17.2 Å². The molecule has 1 rings (SSSR count). The van der Waals surface area contributed by atoms with Crippen LogP contribution in [0.2, 0.25) is 0 Å². The van der Waals surface area contributed by atoms with Crippen LogP contribution < -0.4 is 43.8 Å². The second-order valence-electron chi connectivity index (χ2n) is 11.8. The van der Waals surface area contributed by atoms with Crippen LogP contribution in [0.15, 0.2) is 12.5 Å². The number of hydrogen-bond donors (Lipinski definition) is 12. The molecule has 1 heterocycles. The number of nitrogens with one attached hydrogen (secondary N) is 6. The van der Waals surface area contributed by atoms with Crippen LogP contribution in [-0.2, 0) is 40.0 Å². The molecule has 0 aromatic carbocycles. The van der Waals surface area contributed by atoms with Gasteiger partial charge < -0.3 is 64.1 Å². The van der Waals surface area contributed by atoms with Crippen LogP contribution in [0.25, 0.3) is 0 Å². The predicted octanol–water partition coefficient (Wildman–Crippen LogP) is -4.79. The quantitative estimate of drug-likeness (QED) is 0.0452. The van der Waals surface area contributed by atoms with Gasteiger partial charge in [-0.05, 0) is 44.6 Å². The number of aliphatic hydroxyl groups excluding tert-OH is 2. The van der Waals surface area contributed by atoms with Crippen molar-refractivity contribution < 1.29 is 48.9 Å². The lowest BCUT2D eigenvalue weighted by Crippen LogP contribution is -2.60. The Bertz CT molecular complexity index is 1250. The van der Waals surface area contributed by atoms with Crippen LogP contribution in [0.4, 0.5) is 0 Å². The second kappa shape index (κ2) is 22.1. The molecule has 6 amide bonds. The van der Waals surface area contributed by atoms with Gasteiger partial charge in [-0.15, -0.1) is 0 Å². The number of carbonyl (C=O) groups is 7. The first-order valence-corrected chi connectivity index (χ1v) is 15.8. The Morgan fingerprint density at radius 2 is 1.29 bits per heavy atom. The van der Waals surface area contributed by atoms with Crippen LogP contribution >= 0.6 is 0 Å². The van der Waals surface area contributed by atoms with E-state index in [-0.39, 0.29) is 44.6 Å². The van der Waals surface area contributed by atoms with E-state index in [9.17, 15) is 48.9 Å². The average Bonchev–Trinajstić information content (AvgIpc) is 3.55. The minimum absolute atomic E-state index is 0.0385. The number of rotatable bonds is 24. The number of primary amides is 1. The number of nitrogens with zero attached hydrogens (tertiary/aromatic N) is 1. The van der Waals surface area contributed by atoms with Gasteiger partial charge >= 0.3 is 5.97 Å². The number of H-pyrrole nitrogens is 1. The fourth-order valence-corrected chi connectivity index (χ4v) is 4.49. The molecule has 15 N–H and O–H groups in total. The van der Waals surface area contributed by atoms with E-state index in [0.29, 0.717) is 18.5 Å². The minimum Gasteiger partial charge on any atom is -0.480 e. The van der Waals surface area contributed by atoms with Gasteiger partial charge in [-0.2, -0.15) is 0 Å². The van der Waals surface area contributed by atoms with E-state index in [0.717, 1.165) is 0 Å². The van der Waals surface area contributed by atoms with Crippen molar-refractivity contribution in [2.45, 2.75) is 95.0 Å². The maximum atomic E-state index is 13.4. The lowest BCUT2D eigenvalue weighted by atomic mass is 10.0. The third-order valence-corrected chi connectivity index (χ3v) is 7.18. The Balaban J connectivity index is 3.02. The number of nitrogens with two attached hydrogens (primary N) is 3. The van der Waals surface area contributed by atoms with E-state index < -0.39 is 90.9 Å². The Hall–Kier alpha value is -4.66. The number of aromatic nitrogens is 2. The van der Waals surface area contributed by atoms with Crippen molar-refractivity contribution >= 4 is 41.4 Å². The summed E-state index contributed by atoms with van der Waals surface area (Å²) in [6.07, 6.45) is 3.27. The smallest absolute Gasteiger partial charge is 0.326 e. The summed E-state index contributed by atoms with van der Waals surface area (Å²) in [7, 11) is 0. The van der Waals surface area contributed by atoms with Crippen molar-refractivity contribution in [3.8, 4) is 0 Å². The van der Waals surface area contributed by atoms with Gasteiger partial charge in [-0.1, -0.05) is 13.8 Å². The molecule has 20 heteroatoms. The Morgan fingerprint density at radius 1 is 0.776 bits per heavy atom. The summed E-state index contributed by atoms with van der Waals surface area (Å²) in [4.78, 5) is 94.5. The van der Waals surface area contributed by atoms with E-state index in [1.54, 1.807) is 13.8 Å². The van der Waals surface area contributed by atoms with Crippen LogP contribution in [-0.4, -0.2) is 123 Å². The Morgan fingerprint density at radius 3 is 1.78 bits per heavy atom. The van der Waals surface area contributed by atoms with Gasteiger partial charge in [-0.3, -0.25) is 28.8 Å². The first-order chi connectivity index (χ1) is 23.1. The van der Waals surface area contributed by atoms with Crippen LogP contribution in [0.3, 0.4) is 0 Å². The molecule has 276 valence electrons. The highest BCUT2D eigenvalue weighted by Crippen LogP contribution is 2.09. The van der Waals surface area contributed by atoms with Gasteiger partial charge in [0.2, 0.25) is 35.4 Å². The summed E-state index contributed by atoms with van der Waals surface area (Å²) in [5.74, 6) is -6.78. The first-order valence-electron chi connectivity index (χ1n) is 15.8. The number of aromatic amines is 1. The van der Waals surface area contributed by atoms with Crippen molar-refractivity contribution in [3.05, 3.63) is 18.2 Å². The summed E-state index contributed by atoms with van der Waals surface area (Å²) >= 11 is 0. The van der Waals surface area contributed by atoms with Gasteiger partial charge in [0.25, 0.3) is 0 Å². The van der Waals surface area contributed by atoms with E-state index >= 15 is 0 Å². The number of carboxylic acid groups (broad SMARTS) is 1. The van der Waals surface area contributed by atoms with Crippen molar-refractivity contribution in [1.29, 1.82) is 0 Å². The fourth-order valence-electron chi connectivity index (χ4n) is 4.49. The molecule has 0 aliphatic heterocycles. The Labute approximate surface area is 283 Å². The SMILES string of the molecule is CC(C)CC(NC(=O)C(CCCCN)NC(=O)C(CO)NC(=O)C(CO)NC(=O)C(N)Cc1cnc[nH]1)C(=O)NC(CCC(N)=O)C(=O)O. The third kappa shape index (κ3) is 15.9. The molecule has 1 aromatic rings. The fraction of sp³-hybridized carbons (Fsp3) is 0.655. The van der Waals surface area contributed by atoms with E-state index in [1.807, 2.05) is 0 Å². The number of carboxylic acids is 1. The zero-order valence-electron chi connectivity index (χ0n) is 27.6. The molecule has 1 aromatic heterocycles. The van der Waals surface area contributed by atoms with Gasteiger partial charge in [0.15, 0.2) is 0 Å². The maximum Gasteiger partial charge on any atom is 0.326 e. The van der Waals surface area contributed by atoms with Crippen molar-refractivity contribution in [2.24, 2.45) is 23.1 Å². The first kappa shape index (κ1) is 42.4. The van der Waals surface area contributed by atoms with Gasteiger partial charge in [0, 0.05) is 24.7 Å². The lowest BCUT2D eigenvalue weighted by molar-refractivity contribution is -0.142. The van der Waals surface area contributed by atoms with E-state index in [1.165, 1.54) is 12.5 Å². The Kier molecular flexibility index (Phi) is 19.1. The van der Waals surface area contributed by atoms with Gasteiger partial charge in [-0.25, -0.2) is 9.78 Å². The van der Waals surface area contributed by atoms with Crippen molar-refractivity contribution in [3.63, 3.8) is 0 Å². The molecule has 0 saturated carbocycles. The molecule has 0 spiro atoms. The monoisotopic (exact) mass is 698 g/mol. The summed E-state index contributed by atoms with van der Waals surface area (Å²) in [5, 5.41) is 40.9. The minimum atomic E-state index is -1.63. The molecule has 0 radical (unpaired) electrons. The van der Waals surface area contributed by atoms with Gasteiger partial charge in [0.1, 0.15) is 30.2 Å². The standard InChI is InChI=1S/C29H50N10O10/c1-15(2)9-20(26(45)36-19(29(48)49)6-7-23(32)42)37-25(44)18(5-3-4-8-30)35-27(46)22(13-41)39-28(47)21(12-40)38-24(43)17(31)10-16-11-33-14-34-16/h11,14-15,17-22,40-41H,3-10,12-13,30-31H2,1-2H3,(H2,32,42)(H,33,34)(H,35,46)(H,36,45)(H,37,44)(H,38,43)(H,39,47)(H,48,49). The van der Waals surface area contributed by atoms with Crippen LogP contribution in [0.5, 0.6) is 0 Å². The summed E-state index contributed by atoms with van der Waals surface area (Å²) in [5.41, 5.74) is 17.1. The molecule has 0 fully saturated rings. The molecule has 49 heavy (non-hydrogen) atoms. The maximum absolute atomic E-state index is 13.4. The molecule has 0 saturated heterocycles. The number of imidazole rings is 1. The largest absolute Gasteiger partial charge is 0.480 e. The van der Waals surface area contributed by atoms with Crippen molar-refractivity contribution in [1.82, 2.24) is 36.6 Å². The van der Waals surface area contributed by atoms with Gasteiger partial charge in [0.05, 0.1) is 25.6 Å². The van der Waals surface area contributed by atoms with Crippen molar-refractivity contribution in [2.75, 3.05) is 19.8 Å². The van der Waals surface area contributed by atoms with Crippen LogP contribution in [0, 0.1) is 5.92 Å². The molecule has 6 atom stereocenters. The zero-order valence-corrected chi connectivity index (χ0v) is 27.6. The molecule has 0 bridgehead atoms. The van der Waals surface area contributed by atoms with Crippen LogP contribution in [0.1, 0.15) is 58.1 Å². The molecule has 20 nitrogen and oxygen atoms in total. The molecular weight excluding hydrogens is 648 g/mol. The topological polar surface area (TPSA) is 347 Å². The third-order valence-electron chi connectivity index (χ3n) is 7.18. The number of carbonyl (C=O) groups excluding carboxylic acids is 6. The molecule has 6 unspecified atom stereocenters. The number of hydrogen-bond acceptors (Lipinski definition) is 12. The van der Waals surface area contributed by atoms with E-state index in [2.05, 4.69) is 36.6 Å². The lowest BCUT2D eigenvalue weighted by Gasteiger charge is -2.27. The summed E-state index contributed by atoms with van der Waals surface area (Å²) in [6.45, 7) is 2.00.